The summed E-state index contributed by atoms with van der Waals surface area (Å²) in [5.74, 6) is -0.625. The summed E-state index contributed by atoms with van der Waals surface area (Å²) >= 11 is 0. The van der Waals surface area contributed by atoms with Gasteiger partial charge in [0.25, 0.3) is 0 Å². The van der Waals surface area contributed by atoms with Crippen LogP contribution in [-0.4, -0.2) is 34.6 Å². The Bertz CT molecular complexity index is 341. The lowest BCUT2D eigenvalue weighted by molar-refractivity contribution is 0.0523. The van der Waals surface area contributed by atoms with Crippen molar-refractivity contribution in [3.8, 4) is 5.75 Å². The van der Waals surface area contributed by atoms with Crippen LogP contribution in [0.25, 0.3) is 0 Å². The van der Waals surface area contributed by atoms with E-state index in [4.69, 9.17) is 14.9 Å². The summed E-state index contributed by atoms with van der Waals surface area (Å²) in [6, 6.07) is 4.08. The van der Waals surface area contributed by atoms with Gasteiger partial charge in [0, 0.05) is 0 Å². The molecule has 0 heterocycles. The lowest BCUT2D eigenvalue weighted by atomic mass is 10.1. The molecule has 3 N–H and O–H groups in total. The third-order valence-corrected chi connectivity index (χ3v) is 2.08. The summed E-state index contributed by atoms with van der Waals surface area (Å²) in [5.41, 5.74) is 0.451. The Hall–Kier alpha value is -1.17. The molecular formula is C11H15FO4. The maximum Gasteiger partial charge on any atom is 0.165 e. The third kappa shape index (κ3) is 3.44. The van der Waals surface area contributed by atoms with Crippen molar-refractivity contribution in [2.75, 3.05) is 13.2 Å². The number of halogens is 1. The molecule has 0 saturated carbocycles. The Morgan fingerprint density at radius 1 is 1.38 bits per heavy atom. The molecule has 1 unspecified atom stereocenters. The molecule has 1 rings (SSSR count). The van der Waals surface area contributed by atoms with Crippen LogP contribution in [0, 0.1) is 5.82 Å². The van der Waals surface area contributed by atoms with Gasteiger partial charge in [0.05, 0.1) is 12.7 Å². The van der Waals surface area contributed by atoms with Crippen LogP contribution in [0.4, 0.5) is 4.39 Å². The second-order valence-corrected chi connectivity index (χ2v) is 3.51. The first-order chi connectivity index (χ1) is 7.54. The number of hydrogen-bond acceptors (Lipinski definition) is 4. The number of rotatable bonds is 5. The molecule has 5 heteroatoms. The van der Waals surface area contributed by atoms with Crippen LogP contribution in [-0.2, 0) is 0 Å². The standard InChI is InChI=1S/C11H15FO4/c1-7(14)8-2-3-11(10(12)4-8)16-6-9(15)5-13/h2-4,7,9,13-15H,5-6H2,1H3/t7-,9?/m0/s1. The molecular weight excluding hydrogens is 215 g/mol. The first kappa shape index (κ1) is 12.9. The first-order valence-electron chi connectivity index (χ1n) is 4.93. The number of benzene rings is 1. The highest BCUT2D eigenvalue weighted by atomic mass is 19.1. The number of aliphatic hydroxyl groups excluding tert-OH is 3. The number of hydrogen-bond donors (Lipinski definition) is 3. The van der Waals surface area contributed by atoms with E-state index in [9.17, 15) is 9.50 Å². The molecule has 0 aromatic heterocycles. The van der Waals surface area contributed by atoms with Crippen molar-refractivity contribution in [2.24, 2.45) is 0 Å². The van der Waals surface area contributed by atoms with Gasteiger partial charge in [0.2, 0.25) is 0 Å². The van der Waals surface area contributed by atoms with E-state index in [1.165, 1.54) is 25.1 Å². The van der Waals surface area contributed by atoms with E-state index in [-0.39, 0.29) is 12.4 Å². The molecule has 90 valence electrons. The molecule has 2 atom stereocenters. The van der Waals surface area contributed by atoms with Gasteiger partial charge in [-0.1, -0.05) is 6.07 Å². The second kappa shape index (κ2) is 5.79. The molecule has 0 bridgehead atoms. The topological polar surface area (TPSA) is 69.9 Å². The van der Waals surface area contributed by atoms with Crippen LogP contribution in [0.15, 0.2) is 18.2 Å². The summed E-state index contributed by atoms with van der Waals surface area (Å²) in [6.07, 6.45) is -1.78. The average Bonchev–Trinajstić information content (AvgIpc) is 2.26. The van der Waals surface area contributed by atoms with E-state index < -0.39 is 24.6 Å². The lowest BCUT2D eigenvalue weighted by Gasteiger charge is -2.12. The second-order valence-electron chi connectivity index (χ2n) is 3.51. The highest BCUT2D eigenvalue weighted by Crippen LogP contribution is 2.21. The van der Waals surface area contributed by atoms with Gasteiger partial charge in [-0.15, -0.1) is 0 Å². The Labute approximate surface area is 92.9 Å². The Balaban J connectivity index is 2.68. The van der Waals surface area contributed by atoms with Crippen molar-refractivity contribution in [1.29, 1.82) is 0 Å². The molecule has 1 aromatic rings. The van der Waals surface area contributed by atoms with Crippen LogP contribution in [0.1, 0.15) is 18.6 Å². The van der Waals surface area contributed by atoms with Crippen LogP contribution in [0.2, 0.25) is 0 Å². The quantitative estimate of drug-likeness (QED) is 0.693. The number of ether oxygens (including phenoxy) is 1. The van der Waals surface area contributed by atoms with Crippen molar-refractivity contribution in [1.82, 2.24) is 0 Å². The minimum atomic E-state index is -1.03. The largest absolute Gasteiger partial charge is 0.488 e. The van der Waals surface area contributed by atoms with Gasteiger partial charge in [-0.25, -0.2) is 4.39 Å². The predicted molar refractivity (Wildman–Crippen MR) is 55.6 cm³/mol. The molecule has 0 aliphatic heterocycles. The SMILES string of the molecule is C[C@H](O)c1ccc(OCC(O)CO)c(F)c1. The third-order valence-electron chi connectivity index (χ3n) is 2.08. The zero-order valence-corrected chi connectivity index (χ0v) is 8.93. The Kier molecular flexibility index (Phi) is 4.67. The van der Waals surface area contributed by atoms with Crippen molar-refractivity contribution >= 4 is 0 Å². The highest BCUT2D eigenvalue weighted by molar-refractivity contribution is 5.30. The van der Waals surface area contributed by atoms with E-state index in [2.05, 4.69) is 0 Å². The summed E-state index contributed by atoms with van der Waals surface area (Å²) in [4.78, 5) is 0. The van der Waals surface area contributed by atoms with Crippen LogP contribution in [0.5, 0.6) is 5.75 Å². The minimum Gasteiger partial charge on any atom is -0.488 e. The van der Waals surface area contributed by atoms with Gasteiger partial charge in [-0.05, 0) is 24.6 Å². The predicted octanol–water partition coefficient (Wildman–Crippen LogP) is 0.611. The average molecular weight is 230 g/mol. The summed E-state index contributed by atoms with van der Waals surface area (Å²) in [7, 11) is 0. The number of aliphatic hydroxyl groups is 3. The lowest BCUT2D eigenvalue weighted by Crippen LogP contribution is -2.21. The smallest absolute Gasteiger partial charge is 0.165 e. The van der Waals surface area contributed by atoms with Gasteiger partial charge in [0.1, 0.15) is 12.7 Å². The molecule has 0 amide bonds. The summed E-state index contributed by atoms with van der Waals surface area (Å²) in [5, 5.41) is 26.8. The van der Waals surface area contributed by atoms with Crippen molar-refractivity contribution in [3.05, 3.63) is 29.6 Å². The molecule has 0 fully saturated rings. The maximum absolute atomic E-state index is 13.4. The molecule has 0 radical (unpaired) electrons. The van der Waals surface area contributed by atoms with E-state index in [0.717, 1.165) is 0 Å². The van der Waals surface area contributed by atoms with Crippen LogP contribution >= 0.6 is 0 Å². The van der Waals surface area contributed by atoms with Crippen LogP contribution < -0.4 is 4.74 Å². The van der Waals surface area contributed by atoms with Gasteiger partial charge >= 0.3 is 0 Å². The van der Waals surface area contributed by atoms with Gasteiger partial charge in [-0.3, -0.25) is 0 Å². The Morgan fingerprint density at radius 3 is 2.56 bits per heavy atom. The zero-order chi connectivity index (χ0) is 12.1. The molecule has 16 heavy (non-hydrogen) atoms. The van der Waals surface area contributed by atoms with Crippen molar-refractivity contribution in [3.63, 3.8) is 0 Å². The van der Waals surface area contributed by atoms with Crippen molar-refractivity contribution in [2.45, 2.75) is 19.1 Å². The normalized spacial score (nSPS) is 14.6. The van der Waals surface area contributed by atoms with Gasteiger partial charge in [0.15, 0.2) is 11.6 Å². The van der Waals surface area contributed by atoms with E-state index in [0.29, 0.717) is 5.56 Å². The van der Waals surface area contributed by atoms with Gasteiger partial charge < -0.3 is 20.1 Å². The van der Waals surface area contributed by atoms with E-state index in [1.54, 1.807) is 0 Å². The van der Waals surface area contributed by atoms with E-state index in [1.807, 2.05) is 0 Å². The van der Waals surface area contributed by atoms with Crippen LogP contribution in [0.3, 0.4) is 0 Å². The minimum absolute atomic E-state index is 0.0168. The summed E-state index contributed by atoms with van der Waals surface area (Å²) in [6.45, 7) is 0.916. The summed E-state index contributed by atoms with van der Waals surface area (Å²) < 4.78 is 18.3. The van der Waals surface area contributed by atoms with Crippen molar-refractivity contribution < 1.29 is 24.4 Å². The first-order valence-corrected chi connectivity index (χ1v) is 4.93. The van der Waals surface area contributed by atoms with Gasteiger partial charge in [-0.2, -0.15) is 0 Å². The Morgan fingerprint density at radius 2 is 2.06 bits per heavy atom. The molecule has 0 spiro atoms. The molecule has 1 aromatic carbocycles. The van der Waals surface area contributed by atoms with E-state index >= 15 is 0 Å². The monoisotopic (exact) mass is 230 g/mol. The highest BCUT2D eigenvalue weighted by Gasteiger charge is 2.09. The molecule has 0 aliphatic rings. The molecule has 0 aliphatic carbocycles. The molecule has 0 saturated heterocycles. The fourth-order valence-electron chi connectivity index (χ4n) is 1.13. The molecule has 4 nitrogen and oxygen atoms in total. The maximum atomic E-state index is 13.4. The fourth-order valence-corrected chi connectivity index (χ4v) is 1.13. The fraction of sp³-hybridized carbons (Fsp3) is 0.455. The zero-order valence-electron chi connectivity index (χ0n) is 8.93.